The minimum Gasteiger partial charge on any atom is -0.462 e. The zero-order chi connectivity index (χ0) is 16.2. The van der Waals surface area contributed by atoms with E-state index in [1.54, 1.807) is 6.92 Å². The molecule has 0 amide bonds. The van der Waals surface area contributed by atoms with Crippen LogP contribution in [0.5, 0.6) is 0 Å². The van der Waals surface area contributed by atoms with Gasteiger partial charge < -0.3 is 4.74 Å². The fourth-order valence-electron chi connectivity index (χ4n) is 7.01. The summed E-state index contributed by atoms with van der Waals surface area (Å²) >= 11 is 0. The number of hydrogen-bond donors (Lipinski definition) is 0. The summed E-state index contributed by atoms with van der Waals surface area (Å²) in [5.74, 6) is 4.22. The van der Waals surface area contributed by atoms with Crippen molar-refractivity contribution in [3.8, 4) is 0 Å². The quantitative estimate of drug-likeness (QED) is 0.682. The second-order valence-corrected chi connectivity index (χ2v) is 8.94. The van der Waals surface area contributed by atoms with Crippen LogP contribution in [0.3, 0.4) is 0 Å². The minimum atomic E-state index is -0.117. The molecule has 3 nitrogen and oxygen atoms in total. The molecule has 0 bridgehead atoms. The lowest BCUT2D eigenvalue weighted by Gasteiger charge is -2.55. The molecule has 0 aromatic heterocycles. The lowest BCUT2D eigenvalue weighted by Crippen LogP contribution is -2.50. The Morgan fingerprint density at radius 1 is 1.04 bits per heavy atom. The van der Waals surface area contributed by atoms with Gasteiger partial charge in [-0.1, -0.05) is 6.92 Å². The van der Waals surface area contributed by atoms with Gasteiger partial charge in [-0.3, -0.25) is 9.59 Å². The van der Waals surface area contributed by atoms with Crippen LogP contribution in [-0.2, 0) is 14.3 Å². The van der Waals surface area contributed by atoms with E-state index in [4.69, 9.17) is 4.74 Å². The molecule has 0 aromatic carbocycles. The lowest BCUT2D eigenvalue weighted by molar-refractivity contribution is -0.157. The Morgan fingerprint density at radius 2 is 1.87 bits per heavy atom. The van der Waals surface area contributed by atoms with Gasteiger partial charge in [-0.05, 0) is 74.5 Å². The van der Waals surface area contributed by atoms with Crippen molar-refractivity contribution in [2.24, 2.45) is 35.0 Å². The van der Waals surface area contributed by atoms with Crippen molar-refractivity contribution in [2.45, 2.75) is 77.7 Å². The van der Waals surface area contributed by atoms with Gasteiger partial charge in [0.15, 0.2) is 0 Å². The van der Waals surface area contributed by atoms with Gasteiger partial charge in [-0.25, -0.2) is 0 Å². The maximum absolute atomic E-state index is 11.8. The Balaban J connectivity index is 1.53. The smallest absolute Gasteiger partial charge is 0.302 e. The Morgan fingerprint density at radius 3 is 2.65 bits per heavy atom. The first-order chi connectivity index (χ1) is 11.0. The van der Waals surface area contributed by atoms with E-state index in [0.717, 1.165) is 49.4 Å². The molecule has 4 fully saturated rings. The summed E-state index contributed by atoms with van der Waals surface area (Å²) in [6.07, 6.45) is 10.3. The van der Waals surface area contributed by atoms with Crippen molar-refractivity contribution in [3.05, 3.63) is 0 Å². The van der Waals surface area contributed by atoms with Crippen molar-refractivity contribution in [2.75, 3.05) is 0 Å². The summed E-state index contributed by atoms with van der Waals surface area (Å²) in [5.41, 5.74) is 0.199. The number of ketones is 1. The molecule has 7 atom stereocenters. The Hall–Kier alpha value is -0.860. The van der Waals surface area contributed by atoms with E-state index in [0.29, 0.717) is 11.7 Å². The second-order valence-electron chi connectivity index (χ2n) is 8.94. The second kappa shape index (κ2) is 5.60. The molecule has 4 aliphatic rings. The van der Waals surface area contributed by atoms with Crippen LogP contribution in [0.4, 0.5) is 0 Å². The van der Waals surface area contributed by atoms with Gasteiger partial charge >= 0.3 is 5.97 Å². The van der Waals surface area contributed by atoms with E-state index < -0.39 is 0 Å². The first kappa shape index (κ1) is 15.7. The molecule has 0 saturated heterocycles. The first-order valence-corrected chi connectivity index (χ1v) is 9.68. The standard InChI is InChI=1S/C20H30O3/c1-12(21)23-19-8-7-18-17-5-3-13-11-14(22)4-6-15(13)16(17)9-10-20(18,19)2/h13,15-19H,3-11H2,1-2H3/t13-,15+,16+,17-,18-,19-,20+/m1/s1. The summed E-state index contributed by atoms with van der Waals surface area (Å²) in [5, 5.41) is 0. The third-order valence-corrected chi connectivity index (χ3v) is 7.99. The Labute approximate surface area is 139 Å². The van der Waals surface area contributed by atoms with Crippen molar-refractivity contribution in [1.29, 1.82) is 0 Å². The van der Waals surface area contributed by atoms with Crippen molar-refractivity contribution < 1.29 is 14.3 Å². The molecule has 23 heavy (non-hydrogen) atoms. The zero-order valence-corrected chi connectivity index (χ0v) is 14.6. The lowest BCUT2D eigenvalue weighted by atomic mass is 9.50. The highest BCUT2D eigenvalue weighted by molar-refractivity contribution is 5.79. The number of hydrogen-bond acceptors (Lipinski definition) is 3. The molecule has 0 radical (unpaired) electrons. The van der Waals surface area contributed by atoms with Gasteiger partial charge in [0, 0.05) is 25.2 Å². The van der Waals surface area contributed by atoms with Crippen LogP contribution < -0.4 is 0 Å². The molecule has 4 aliphatic carbocycles. The molecular weight excluding hydrogens is 288 g/mol. The molecule has 0 aliphatic heterocycles. The van der Waals surface area contributed by atoms with E-state index in [9.17, 15) is 9.59 Å². The van der Waals surface area contributed by atoms with Crippen molar-refractivity contribution in [3.63, 3.8) is 0 Å². The maximum atomic E-state index is 11.8. The molecule has 0 spiro atoms. The highest BCUT2D eigenvalue weighted by atomic mass is 16.5. The van der Waals surface area contributed by atoms with Gasteiger partial charge in [0.1, 0.15) is 11.9 Å². The van der Waals surface area contributed by atoms with Crippen molar-refractivity contribution in [1.82, 2.24) is 0 Å². The summed E-state index contributed by atoms with van der Waals surface area (Å²) in [7, 11) is 0. The fourth-order valence-corrected chi connectivity index (χ4v) is 7.01. The molecule has 0 aromatic rings. The van der Waals surface area contributed by atoms with Gasteiger partial charge in [-0.15, -0.1) is 0 Å². The SMILES string of the molecule is CC(=O)O[C@@H]1CC[C@@H]2[C@@H]3CC[C@@H]4CC(=O)CC[C@@H]4[C@@H]3CC[C@@]21C. The van der Waals surface area contributed by atoms with Gasteiger partial charge in [0.25, 0.3) is 0 Å². The molecule has 3 heteroatoms. The molecule has 0 heterocycles. The maximum Gasteiger partial charge on any atom is 0.302 e. The molecule has 0 unspecified atom stereocenters. The number of ether oxygens (including phenoxy) is 1. The first-order valence-electron chi connectivity index (χ1n) is 9.68. The molecular formula is C20H30O3. The largest absolute Gasteiger partial charge is 0.462 e. The van der Waals surface area contributed by atoms with Crippen LogP contribution in [0.2, 0.25) is 0 Å². The Bertz CT molecular complexity index is 513. The van der Waals surface area contributed by atoms with E-state index in [1.165, 1.54) is 32.1 Å². The molecule has 4 saturated carbocycles. The van der Waals surface area contributed by atoms with Crippen LogP contribution in [-0.4, -0.2) is 17.9 Å². The number of carbonyl (C=O) groups excluding carboxylic acids is 2. The molecule has 4 rings (SSSR count). The summed E-state index contributed by atoms with van der Waals surface area (Å²) in [4.78, 5) is 23.3. The van der Waals surface area contributed by atoms with E-state index in [2.05, 4.69) is 6.92 Å². The highest BCUT2D eigenvalue weighted by Crippen LogP contribution is 2.62. The van der Waals surface area contributed by atoms with E-state index in [1.807, 2.05) is 0 Å². The summed E-state index contributed by atoms with van der Waals surface area (Å²) in [6, 6.07) is 0. The third kappa shape index (κ3) is 2.46. The molecule has 0 N–H and O–H groups in total. The highest BCUT2D eigenvalue weighted by Gasteiger charge is 2.58. The number of carbonyl (C=O) groups is 2. The Kier molecular flexibility index (Phi) is 3.81. The normalized spacial score (nSPS) is 49.0. The monoisotopic (exact) mass is 318 g/mol. The van der Waals surface area contributed by atoms with Crippen LogP contribution in [0, 0.1) is 35.0 Å². The van der Waals surface area contributed by atoms with E-state index >= 15 is 0 Å². The number of Topliss-reactive ketones (excluding diaryl/α,β-unsaturated/α-hetero) is 1. The average Bonchev–Trinajstić information content (AvgIpc) is 2.83. The summed E-state index contributed by atoms with van der Waals surface area (Å²) < 4.78 is 5.70. The zero-order valence-electron chi connectivity index (χ0n) is 14.6. The predicted octanol–water partition coefficient (Wildman–Crippen LogP) is 4.14. The molecule has 128 valence electrons. The number of rotatable bonds is 1. The third-order valence-electron chi connectivity index (χ3n) is 7.99. The van der Waals surface area contributed by atoms with Gasteiger partial charge in [-0.2, -0.15) is 0 Å². The van der Waals surface area contributed by atoms with Crippen LogP contribution in [0.15, 0.2) is 0 Å². The fraction of sp³-hybridized carbons (Fsp3) is 0.900. The predicted molar refractivity (Wildman–Crippen MR) is 87.7 cm³/mol. The van der Waals surface area contributed by atoms with Crippen LogP contribution >= 0.6 is 0 Å². The van der Waals surface area contributed by atoms with E-state index in [-0.39, 0.29) is 17.5 Å². The van der Waals surface area contributed by atoms with Crippen LogP contribution in [0.25, 0.3) is 0 Å². The van der Waals surface area contributed by atoms with Crippen LogP contribution in [0.1, 0.15) is 71.6 Å². The van der Waals surface area contributed by atoms with Crippen molar-refractivity contribution >= 4 is 11.8 Å². The average molecular weight is 318 g/mol. The minimum absolute atomic E-state index is 0.117. The number of esters is 1. The van der Waals surface area contributed by atoms with Gasteiger partial charge in [0.2, 0.25) is 0 Å². The van der Waals surface area contributed by atoms with Gasteiger partial charge in [0.05, 0.1) is 0 Å². The number of fused-ring (bicyclic) bond motifs is 5. The topological polar surface area (TPSA) is 43.4 Å². The summed E-state index contributed by atoms with van der Waals surface area (Å²) in [6.45, 7) is 3.93.